The molecule has 4 aromatic carbocycles. The van der Waals surface area contributed by atoms with Crippen molar-refractivity contribution in [3.63, 3.8) is 0 Å². The van der Waals surface area contributed by atoms with Crippen LogP contribution in [0.5, 0.6) is 5.75 Å². The predicted octanol–water partition coefficient (Wildman–Crippen LogP) is 6.67. The number of carboxylic acid groups (broad SMARTS) is 1. The number of thioether (sulfide) groups is 1. The Morgan fingerprint density at radius 3 is 2.38 bits per heavy atom. The maximum absolute atomic E-state index is 12.0. The summed E-state index contributed by atoms with van der Waals surface area (Å²) < 4.78 is 18.7. The molecule has 1 aliphatic rings. The number of rotatable bonds is 13. The van der Waals surface area contributed by atoms with Crippen molar-refractivity contribution < 1.29 is 34.0 Å². The molecule has 8 nitrogen and oxygen atoms in total. The molecule has 4 aromatic rings. The minimum absolute atomic E-state index is 0.0131. The van der Waals surface area contributed by atoms with E-state index in [-0.39, 0.29) is 37.6 Å². The second-order valence-electron chi connectivity index (χ2n) is 10.8. The summed E-state index contributed by atoms with van der Waals surface area (Å²) in [5.74, 6) is 0.253. The number of benzene rings is 4. The van der Waals surface area contributed by atoms with Crippen LogP contribution in [0, 0.1) is 0 Å². The van der Waals surface area contributed by atoms with E-state index in [1.54, 1.807) is 18.9 Å². The largest absolute Gasteiger partial charge is 0.496 e. The first-order valence-electron chi connectivity index (χ1n) is 14.9. The Kier molecular flexibility index (Phi) is 11.3. The molecule has 234 valence electrons. The molecule has 0 unspecified atom stereocenters. The molecule has 1 heterocycles. The molecule has 5 rings (SSSR count). The fourth-order valence-corrected chi connectivity index (χ4v) is 6.23. The molecule has 0 spiro atoms. The lowest BCUT2D eigenvalue weighted by molar-refractivity contribution is -0.245. The number of carbonyl (C=O) groups excluding carboxylic acids is 1. The molecule has 0 radical (unpaired) electrons. The highest BCUT2D eigenvalue weighted by Crippen LogP contribution is 2.41. The van der Waals surface area contributed by atoms with Crippen molar-refractivity contribution in [1.29, 1.82) is 0 Å². The Morgan fingerprint density at radius 2 is 1.62 bits per heavy atom. The lowest BCUT2D eigenvalue weighted by atomic mass is 9.99. The molecule has 1 amide bonds. The van der Waals surface area contributed by atoms with Crippen LogP contribution >= 0.6 is 11.8 Å². The monoisotopic (exact) mass is 627 g/mol. The number of aliphatic carboxylic acids is 1. The Balaban J connectivity index is 1.34. The summed E-state index contributed by atoms with van der Waals surface area (Å²) in [7, 11) is 1.67. The number of nitrogens with one attached hydrogen (secondary N) is 1. The number of ether oxygens (including phenoxy) is 3. The molecule has 9 heteroatoms. The molecule has 1 fully saturated rings. The smallest absolute Gasteiger partial charge is 0.303 e. The maximum Gasteiger partial charge on any atom is 0.303 e. The number of methoxy groups -OCH3 is 1. The highest BCUT2D eigenvalue weighted by atomic mass is 32.2. The molecule has 0 bridgehead atoms. The third-order valence-corrected chi connectivity index (χ3v) is 8.77. The summed E-state index contributed by atoms with van der Waals surface area (Å²) in [6.45, 7) is 0.296. The van der Waals surface area contributed by atoms with E-state index in [2.05, 4.69) is 11.4 Å². The third-order valence-electron chi connectivity index (χ3n) is 7.58. The number of aliphatic hydroxyl groups excluding tert-OH is 1. The number of carboxylic acids is 1. The molecule has 0 aromatic heterocycles. The van der Waals surface area contributed by atoms with Gasteiger partial charge in [-0.2, -0.15) is 0 Å². The van der Waals surface area contributed by atoms with Gasteiger partial charge in [0, 0.05) is 35.6 Å². The predicted molar refractivity (Wildman–Crippen MR) is 173 cm³/mol. The second kappa shape index (κ2) is 15.7. The van der Waals surface area contributed by atoms with Crippen LogP contribution in [-0.4, -0.2) is 41.1 Å². The number of aliphatic hydroxyl groups is 1. The van der Waals surface area contributed by atoms with Crippen LogP contribution in [0.15, 0.2) is 102 Å². The van der Waals surface area contributed by atoms with Crippen LogP contribution in [0.3, 0.4) is 0 Å². The fraction of sp³-hybridized carbons (Fsp3) is 0.278. The second-order valence-corrected chi connectivity index (χ2v) is 11.9. The first kappa shape index (κ1) is 32.2. The molecule has 0 aliphatic carbocycles. The first-order valence-corrected chi connectivity index (χ1v) is 15.8. The summed E-state index contributed by atoms with van der Waals surface area (Å²) >= 11 is 1.69. The zero-order chi connectivity index (χ0) is 31.6. The Labute approximate surface area is 267 Å². The van der Waals surface area contributed by atoms with Crippen molar-refractivity contribution >= 4 is 23.6 Å². The zero-order valence-corrected chi connectivity index (χ0v) is 25.9. The van der Waals surface area contributed by atoms with Crippen molar-refractivity contribution in [3.8, 4) is 16.9 Å². The van der Waals surface area contributed by atoms with Crippen LogP contribution < -0.4 is 10.1 Å². The summed E-state index contributed by atoms with van der Waals surface area (Å²) in [4.78, 5) is 23.8. The van der Waals surface area contributed by atoms with Gasteiger partial charge in [-0.15, -0.1) is 11.8 Å². The Bertz CT molecular complexity index is 1590. The van der Waals surface area contributed by atoms with Gasteiger partial charge in [-0.1, -0.05) is 72.8 Å². The quantitative estimate of drug-likeness (QED) is 0.141. The average molecular weight is 628 g/mol. The summed E-state index contributed by atoms with van der Waals surface area (Å²) in [5, 5.41) is 21.1. The van der Waals surface area contributed by atoms with E-state index >= 15 is 0 Å². The molecule has 3 atom stereocenters. The molecule has 45 heavy (non-hydrogen) atoms. The minimum atomic E-state index is -0.995. The van der Waals surface area contributed by atoms with Gasteiger partial charge < -0.3 is 29.7 Å². The van der Waals surface area contributed by atoms with E-state index in [0.29, 0.717) is 18.7 Å². The van der Waals surface area contributed by atoms with Gasteiger partial charge in [0.2, 0.25) is 5.91 Å². The van der Waals surface area contributed by atoms with Gasteiger partial charge in [-0.05, 0) is 52.1 Å². The van der Waals surface area contributed by atoms with Crippen LogP contribution in [0.25, 0.3) is 11.1 Å². The average Bonchev–Trinajstić information content (AvgIpc) is 3.09. The van der Waals surface area contributed by atoms with E-state index in [4.69, 9.17) is 19.3 Å². The van der Waals surface area contributed by atoms with E-state index in [9.17, 15) is 14.7 Å². The zero-order valence-electron chi connectivity index (χ0n) is 25.1. The van der Waals surface area contributed by atoms with Crippen LogP contribution in [0.2, 0.25) is 0 Å². The standard InChI is InChI=1S/C36H37NO7S/c1-42-31-10-2-3-11-33(31)45-23-30-20-32(26-14-12-24(22-38)13-15-26)44-36(43-30)29-9-5-8-28(19-29)27-7-4-6-25(18-27)21-37-34(39)16-17-35(40)41/h2-15,18-19,30,32,36,38H,16-17,20-23H2,1H3,(H,37,39)(H,40,41)/t30-,32+,36+/m1/s1. The van der Waals surface area contributed by atoms with Gasteiger partial charge in [0.05, 0.1) is 32.3 Å². The molecular formula is C36H37NO7S. The SMILES string of the molecule is COc1ccccc1SC[C@H]1C[C@@H](c2ccc(CO)cc2)O[C@@H](c2cccc(-c3cccc(CNC(=O)CCC(=O)O)c3)c2)O1. The van der Waals surface area contributed by atoms with Gasteiger partial charge in [0.25, 0.3) is 0 Å². The van der Waals surface area contributed by atoms with Crippen molar-refractivity contribution in [2.75, 3.05) is 12.9 Å². The number of hydrogen-bond acceptors (Lipinski definition) is 7. The van der Waals surface area contributed by atoms with Gasteiger partial charge >= 0.3 is 5.97 Å². The highest BCUT2D eigenvalue weighted by molar-refractivity contribution is 7.99. The molecule has 1 aliphatic heterocycles. The van der Waals surface area contributed by atoms with Gasteiger partial charge in [-0.3, -0.25) is 9.59 Å². The van der Waals surface area contributed by atoms with E-state index in [1.807, 2.05) is 91.0 Å². The van der Waals surface area contributed by atoms with E-state index in [0.717, 1.165) is 44.0 Å². The van der Waals surface area contributed by atoms with Crippen LogP contribution in [-0.2, 0) is 32.2 Å². The number of para-hydroxylation sites is 1. The molecular weight excluding hydrogens is 590 g/mol. The van der Waals surface area contributed by atoms with Crippen LogP contribution in [0.1, 0.15) is 53.9 Å². The lowest BCUT2D eigenvalue weighted by Gasteiger charge is -2.36. The van der Waals surface area contributed by atoms with Gasteiger partial charge in [0.1, 0.15) is 5.75 Å². The maximum atomic E-state index is 12.0. The molecule has 0 saturated carbocycles. The van der Waals surface area contributed by atoms with E-state index in [1.165, 1.54) is 0 Å². The van der Waals surface area contributed by atoms with Crippen molar-refractivity contribution in [2.45, 2.75) is 55.8 Å². The minimum Gasteiger partial charge on any atom is -0.496 e. The Morgan fingerprint density at radius 1 is 0.867 bits per heavy atom. The van der Waals surface area contributed by atoms with Crippen molar-refractivity contribution in [1.82, 2.24) is 5.32 Å². The highest BCUT2D eigenvalue weighted by Gasteiger charge is 2.32. The van der Waals surface area contributed by atoms with Gasteiger partial charge in [-0.25, -0.2) is 0 Å². The van der Waals surface area contributed by atoms with E-state index < -0.39 is 12.3 Å². The number of hydrogen-bond donors (Lipinski definition) is 3. The summed E-state index contributed by atoms with van der Waals surface area (Å²) in [6.07, 6.45) is -0.463. The summed E-state index contributed by atoms with van der Waals surface area (Å²) in [6, 6.07) is 31.8. The van der Waals surface area contributed by atoms with Gasteiger partial charge in [0.15, 0.2) is 6.29 Å². The number of carbonyl (C=O) groups is 2. The molecule has 1 saturated heterocycles. The normalized spacial score (nSPS) is 17.9. The topological polar surface area (TPSA) is 114 Å². The summed E-state index contributed by atoms with van der Waals surface area (Å²) in [5.41, 5.74) is 5.63. The first-order chi connectivity index (χ1) is 21.9. The Hall–Kier alpha value is -4.15. The number of amides is 1. The van der Waals surface area contributed by atoms with Crippen molar-refractivity contribution in [3.05, 3.63) is 119 Å². The van der Waals surface area contributed by atoms with Crippen LogP contribution in [0.4, 0.5) is 0 Å². The van der Waals surface area contributed by atoms with Crippen molar-refractivity contribution in [2.24, 2.45) is 0 Å². The molecule has 3 N–H and O–H groups in total. The fourth-order valence-electron chi connectivity index (χ4n) is 5.18. The lowest BCUT2D eigenvalue weighted by Crippen LogP contribution is -2.31. The third kappa shape index (κ3) is 8.95.